The molecule has 3 N–H and O–H groups in total. The molecule has 26 heavy (non-hydrogen) atoms. The Hall–Kier alpha value is -2.02. The smallest absolute Gasteiger partial charge is 0.239 e. The van der Waals surface area contributed by atoms with Crippen molar-refractivity contribution in [2.45, 2.75) is 65.1 Å². The van der Waals surface area contributed by atoms with Gasteiger partial charge in [0.15, 0.2) is 0 Å². The number of carbonyl (C=O) groups is 2. The van der Waals surface area contributed by atoms with E-state index in [0.29, 0.717) is 12.3 Å². The molecule has 0 aliphatic rings. The molecule has 1 aromatic carbocycles. The van der Waals surface area contributed by atoms with Gasteiger partial charge >= 0.3 is 0 Å². The number of amides is 2. The average Bonchev–Trinajstić information content (AvgIpc) is 2.51. The average molecular weight is 370 g/mol. The summed E-state index contributed by atoms with van der Waals surface area (Å²) in [7, 11) is 0. The summed E-state index contributed by atoms with van der Waals surface area (Å²) in [6, 6.07) is 1.23. The lowest BCUT2D eigenvalue weighted by atomic mass is 9.98. The number of nitrogens with zero attached hydrogens (tertiary/aromatic N) is 1. The molecule has 0 saturated carbocycles. The maximum atomic E-state index is 13.4. The molecule has 0 radical (unpaired) electrons. The predicted molar refractivity (Wildman–Crippen MR) is 95.1 cm³/mol. The van der Waals surface area contributed by atoms with Gasteiger partial charge in [0.05, 0.1) is 18.6 Å². The Morgan fingerprint density at radius 2 is 1.62 bits per heavy atom. The van der Waals surface area contributed by atoms with Crippen molar-refractivity contribution in [3.63, 3.8) is 0 Å². The third kappa shape index (κ3) is 6.37. The Morgan fingerprint density at radius 3 is 2.08 bits per heavy atom. The number of carbonyl (C=O) groups excluding carboxylic acids is 2. The zero-order valence-electron chi connectivity index (χ0n) is 15.7. The molecular formula is C19H28F2N2O3. The highest BCUT2D eigenvalue weighted by molar-refractivity contribution is 5.87. The second-order valence-corrected chi connectivity index (χ2v) is 7.11. The maximum absolute atomic E-state index is 13.4. The van der Waals surface area contributed by atoms with Gasteiger partial charge in [-0.15, -0.1) is 0 Å². The third-order valence-electron chi connectivity index (χ3n) is 4.43. The molecule has 3 atom stereocenters. The van der Waals surface area contributed by atoms with Crippen molar-refractivity contribution in [1.82, 2.24) is 4.90 Å². The number of aliphatic hydroxyl groups excluding tert-OH is 1. The van der Waals surface area contributed by atoms with E-state index in [1.165, 1.54) is 11.8 Å². The summed E-state index contributed by atoms with van der Waals surface area (Å²) in [6.07, 6.45) is 0.0801. The molecule has 5 nitrogen and oxygen atoms in total. The molecule has 0 fully saturated rings. The van der Waals surface area contributed by atoms with Crippen molar-refractivity contribution >= 4 is 11.8 Å². The zero-order valence-corrected chi connectivity index (χ0v) is 15.7. The van der Waals surface area contributed by atoms with Crippen LogP contribution in [0.3, 0.4) is 0 Å². The molecule has 0 aliphatic heterocycles. The van der Waals surface area contributed by atoms with E-state index in [2.05, 4.69) is 0 Å². The Labute approximate surface area is 153 Å². The minimum atomic E-state index is -0.954. The fourth-order valence-corrected chi connectivity index (χ4v) is 2.84. The van der Waals surface area contributed by atoms with Crippen molar-refractivity contribution < 1.29 is 23.5 Å². The van der Waals surface area contributed by atoms with Gasteiger partial charge in [-0.1, -0.05) is 13.8 Å². The number of nitrogens with two attached hydrogens (primary N) is 1. The highest BCUT2D eigenvalue weighted by Crippen LogP contribution is 2.18. The Kier molecular flexibility index (Phi) is 8.14. The van der Waals surface area contributed by atoms with E-state index in [4.69, 9.17) is 5.73 Å². The summed E-state index contributed by atoms with van der Waals surface area (Å²) in [5.41, 5.74) is 5.49. The van der Waals surface area contributed by atoms with Gasteiger partial charge in [-0.2, -0.15) is 0 Å². The monoisotopic (exact) mass is 370 g/mol. The number of rotatable bonds is 9. The van der Waals surface area contributed by atoms with Crippen molar-refractivity contribution in [2.24, 2.45) is 11.7 Å². The van der Waals surface area contributed by atoms with Gasteiger partial charge in [-0.3, -0.25) is 9.59 Å². The lowest BCUT2D eigenvalue weighted by molar-refractivity contribution is -0.143. The van der Waals surface area contributed by atoms with Crippen LogP contribution in [0.2, 0.25) is 0 Å². The Morgan fingerprint density at radius 1 is 1.08 bits per heavy atom. The topological polar surface area (TPSA) is 83.6 Å². The van der Waals surface area contributed by atoms with Crippen LogP contribution in [-0.4, -0.2) is 40.0 Å². The van der Waals surface area contributed by atoms with Gasteiger partial charge in [-0.25, -0.2) is 8.78 Å². The van der Waals surface area contributed by atoms with Crippen LogP contribution in [0.25, 0.3) is 0 Å². The summed E-state index contributed by atoms with van der Waals surface area (Å²) in [5, 5.41) is 10.4. The molecule has 0 heterocycles. The van der Waals surface area contributed by atoms with Crippen LogP contribution in [0.1, 0.15) is 46.1 Å². The van der Waals surface area contributed by atoms with Gasteiger partial charge in [0.25, 0.3) is 0 Å². The van der Waals surface area contributed by atoms with Gasteiger partial charge in [0.1, 0.15) is 17.7 Å². The van der Waals surface area contributed by atoms with E-state index in [-0.39, 0.29) is 12.0 Å². The quantitative estimate of drug-likeness (QED) is 0.700. The molecule has 0 aromatic heterocycles. The van der Waals surface area contributed by atoms with E-state index < -0.39 is 41.6 Å². The van der Waals surface area contributed by atoms with Gasteiger partial charge < -0.3 is 15.7 Å². The summed E-state index contributed by atoms with van der Waals surface area (Å²) in [5.74, 6) is -2.44. The molecule has 2 amide bonds. The van der Waals surface area contributed by atoms with Crippen molar-refractivity contribution in [3.8, 4) is 0 Å². The number of halogens is 2. The lowest BCUT2D eigenvalue weighted by Crippen LogP contribution is -2.54. The molecule has 0 saturated heterocycles. The molecular weight excluding hydrogens is 342 g/mol. The van der Waals surface area contributed by atoms with Crippen LogP contribution in [-0.2, 0) is 16.0 Å². The molecule has 0 bridgehead atoms. The number of aliphatic hydroxyl groups is 1. The summed E-state index contributed by atoms with van der Waals surface area (Å²) in [4.78, 5) is 25.6. The first-order valence-electron chi connectivity index (χ1n) is 8.76. The molecule has 1 rings (SSSR count). The molecule has 0 aliphatic carbocycles. The lowest BCUT2D eigenvalue weighted by Gasteiger charge is -2.36. The van der Waals surface area contributed by atoms with E-state index in [1.807, 2.05) is 13.8 Å². The van der Waals surface area contributed by atoms with Crippen LogP contribution in [0.15, 0.2) is 18.2 Å². The van der Waals surface area contributed by atoms with Crippen molar-refractivity contribution in [2.75, 3.05) is 0 Å². The molecule has 146 valence electrons. The number of hydrogen-bond acceptors (Lipinski definition) is 3. The maximum Gasteiger partial charge on any atom is 0.239 e. The van der Waals surface area contributed by atoms with E-state index in [9.17, 15) is 23.5 Å². The predicted octanol–water partition coefficient (Wildman–Crippen LogP) is 2.40. The standard InChI is InChI=1S/C19H28F2N2O3/c1-11(2)5-6-17(24)12(3)23(13(4)19(22)26)18(25)9-14-7-15(20)10-16(21)8-14/h7-8,10-13,17,24H,5-6,9H2,1-4H3,(H2,22,26)/t12?,13-,17-/m0/s1. The second-order valence-electron chi connectivity index (χ2n) is 7.11. The number of primary amides is 1. The molecule has 7 heteroatoms. The van der Waals surface area contributed by atoms with E-state index in [1.54, 1.807) is 6.92 Å². The normalized spacial score (nSPS) is 14.8. The largest absolute Gasteiger partial charge is 0.391 e. The SMILES string of the molecule is CC(C)CC[C@H](O)C(C)N(C(=O)Cc1cc(F)cc(F)c1)[C@@H](C)C(N)=O. The number of hydrogen-bond donors (Lipinski definition) is 2. The first-order valence-corrected chi connectivity index (χ1v) is 8.76. The van der Waals surface area contributed by atoms with Crippen LogP contribution in [0, 0.1) is 17.6 Å². The summed E-state index contributed by atoms with van der Waals surface area (Å²) in [6.45, 7) is 7.14. The number of benzene rings is 1. The summed E-state index contributed by atoms with van der Waals surface area (Å²) >= 11 is 0. The Bertz CT molecular complexity index is 617. The molecule has 1 aromatic rings. The second kappa shape index (κ2) is 9.62. The zero-order chi connectivity index (χ0) is 20.0. The van der Waals surface area contributed by atoms with Crippen LogP contribution in [0.4, 0.5) is 8.78 Å². The van der Waals surface area contributed by atoms with Crippen LogP contribution >= 0.6 is 0 Å². The van der Waals surface area contributed by atoms with E-state index in [0.717, 1.165) is 24.6 Å². The van der Waals surface area contributed by atoms with Crippen molar-refractivity contribution in [3.05, 3.63) is 35.4 Å². The van der Waals surface area contributed by atoms with Gasteiger partial charge in [-0.05, 0) is 50.3 Å². The first-order chi connectivity index (χ1) is 12.0. The Balaban J connectivity index is 3.00. The highest BCUT2D eigenvalue weighted by atomic mass is 19.1. The molecule has 1 unspecified atom stereocenters. The van der Waals surface area contributed by atoms with Gasteiger partial charge in [0.2, 0.25) is 11.8 Å². The van der Waals surface area contributed by atoms with Gasteiger partial charge in [0, 0.05) is 6.07 Å². The summed E-state index contributed by atoms with van der Waals surface area (Å²) < 4.78 is 26.7. The molecule has 0 spiro atoms. The highest BCUT2D eigenvalue weighted by Gasteiger charge is 2.32. The fraction of sp³-hybridized carbons (Fsp3) is 0.579. The fourth-order valence-electron chi connectivity index (χ4n) is 2.84. The first kappa shape index (κ1) is 22.0. The van der Waals surface area contributed by atoms with Crippen LogP contribution in [0.5, 0.6) is 0 Å². The van der Waals surface area contributed by atoms with E-state index >= 15 is 0 Å². The van der Waals surface area contributed by atoms with Crippen molar-refractivity contribution in [1.29, 1.82) is 0 Å². The minimum Gasteiger partial charge on any atom is -0.391 e. The minimum absolute atomic E-state index is 0.151. The third-order valence-corrected chi connectivity index (χ3v) is 4.43. The van der Waals surface area contributed by atoms with Crippen LogP contribution < -0.4 is 5.73 Å².